The van der Waals surface area contributed by atoms with Crippen LogP contribution in [0.3, 0.4) is 0 Å². The number of fused-ring (bicyclic) bond motifs is 1. The van der Waals surface area contributed by atoms with Crippen LogP contribution in [0, 0.1) is 12.7 Å². The minimum atomic E-state index is -0.439. The topological polar surface area (TPSA) is 71.1 Å². The van der Waals surface area contributed by atoms with Gasteiger partial charge in [0.2, 0.25) is 0 Å². The highest BCUT2D eigenvalue weighted by atomic mass is 32.2. The molecule has 0 saturated carbocycles. The molecule has 0 radical (unpaired) electrons. The number of imidazole rings is 1. The number of pyridine rings is 1. The summed E-state index contributed by atoms with van der Waals surface area (Å²) in [7, 11) is 0. The fourth-order valence-electron chi connectivity index (χ4n) is 2.70. The van der Waals surface area contributed by atoms with Crippen molar-refractivity contribution < 1.29 is 9.18 Å². The summed E-state index contributed by atoms with van der Waals surface area (Å²) in [5.41, 5.74) is 3.16. The monoisotopic (exact) mass is 367 g/mol. The maximum Gasteiger partial charge on any atom is 0.276 e. The maximum absolute atomic E-state index is 13.5. The highest BCUT2D eigenvalue weighted by Crippen LogP contribution is 2.17. The van der Waals surface area contributed by atoms with E-state index in [4.69, 9.17) is 0 Å². The van der Waals surface area contributed by atoms with Gasteiger partial charge in [0.1, 0.15) is 17.2 Å². The number of benzene rings is 1. The summed E-state index contributed by atoms with van der Waals surface area (Å²) >= 11 is 1.39. The molecule has 0 spiro atoms. The van der Waals surface area contributed by atoms with E-state index < -0.39 is 11.7 Å². The van der Waals surface area contributed by atoms with Crippen LogP contribution < -0.4 is 5.32 Å². The molecule has 1 aromatic carbocycles. The van der Waals surface area contributed by atoms with Gasteiger partial charge in [-0.3, -0.25) is 14.5 Å². The standard InChI is InChI=1S/C18H14FN5OS/c1-11-16(24-9-13(19)7-8-15(24)20-11)17(25)21-18-23-22-14(10-26-18)12-5-3-2-4-6-12/h2-9H,10H2,1H3,(H,21,23,25). The fourth-order valence-corrected chi connectivity index (χ4v) is 3.46. The molecule has 4 rings (SSSR count). The number of aromatic nitrogens is 2. The van der Waals surface area contributed by atoms with Crippen LogP contribution in [-0.2, 0) is 0 Å². The number of hydrogen-bond acceptors (Lipinski definition) is 5. The summed E-state index contributed by atoms with van der Waals surface area (Å²) in [5.74, 6) is -0.236. The molecule has 2 aromatic heterocycles. The Morgan fingerprint density at radius 1 is 1.19 bits per heavy atom. The Morgan fingerprint density at radius 2 is 2.00 bits per heavy atom. The summed E-state index contributed by atoms with van der Waals surface area (Å²) in [4.78, 5) is 16.9. The molecule has 1 N–H and O–H groups in total. The van der Waals surface area contributed by atoms with E-state index in [9.17, 15) is 9.18 Å². The Morgan fingerprint density at radius 3 is 2.73 bits per heavy atom. The molecule has 6 nitrogen and oxygen atoms in total. The molecular weight excluding hydrogens is 353 g/mol. The number of hydrogen-bond donors (Lipinski definition) is 1. The van der Waals surface area contributed by atoms with Crippen molar-refractivity contribution in [3.8, 4) is 0 Å². The molecule has 1 aliphatic heterocycles. The van der Waals surface area contributed by atoms with Crippen LogP contribution in [0.5, 0.6) is 0 Å². The van der Waals surface area contributed by atoms with Gasteiger partial charge in [-0.25, -0.2) is 9.37 Å². The van der Waals surface area contributed by atoms with Gasteiger partial charge in [0.15, 0.2) is 5.17 Å². The minimum Gasteiger partial charge on any atom is -0.298 e. The first kappa shape index (κ1) is 16.5. The van der Waals surface area contributed by atoms with Crippen LogP contribution in [0.1, 0.15) is 21.7 Å². The number of halogens is 1. The van der Waals surface area contributed by atoms with E-state index in [1.165, 1.54) is 34.5 Å². The van der Waals surface area contributed by atoms with Crippen molar-refractivity contribution in [3.63, 3.8) is 0 Å². The second kappa shape index (κ2) is 6.72. The molecule has 0 unspecified atom stereocenters. The van der Waals surface area contributed by atoms with Gasteiger partial charge < -0.3 is 0 Å². The molecule has 3 aromatic rings. The molecule has 0 bridgehead atoms. The van der Waals surface area contributed by atoms with Gasteiger partial charge in [0.05, 0.1) is 11.4 Å². The summed E-state index contributed by atoms with van der Waals surface area (Å²) < 4.78 is 15.0. The number of aryl methyl sites for hydroxylation is 1. The van der Waals surface area contributed by atoms with Crippen LogP contribution >= 0.6 is 11.8 Å². The largest absolute Gasteiger partial charge is 0.298 e. The van der Waals surface area contributed by atoms with E-state index in [0.717, 1.165) is 11.3 Å². The summed E-state index contributed by atoms with van der Waals surface area (Å²) in [6.45, 7) is 1.71. The number of amidine groups is 1. The van der Waals surface area contributed by atoms with Crippen LogP contribution in [0.25, 0.3) is 5.65 Å². The highest BCUT2D eigenvalue weighted by molar-refractivity contribution is 8.14. The molecule has 0 atom stereocenters. The molecule has 0 fully saturated rings. The van der Waals surface area contributed by atoms with Crippen LogP contribution in [-0.4, -0.2) is 31.9 Å². The van der Waals surface area contributed by atoms with Crippen molar-refractivity contribution in [3.05, 3.63) is 71.4 Å². The molecular formula is C18H14FN5OS. The van der Waals surface area contributed by atoms with E-state index in [0.29, 0.717) is 22.3 Å². The van der Waals surface area contributed by atoms with Gasteiger partial charge in [-0.2, -0.15) is 5.10 Å². The van der Waals surface area contributed by atoms with Gasteiger partial charge in [-0.15, -0.1) is 5.10 Å². The van der Waals surface area contributed by atoms with E-state index in [1.54, 1.807) is 6.92 Å². The summed E-state index contributed by atoms with van der Waals surface area (Å²) in [5, 5.41) is 11.4. The maximum atomic E-state index is 13.5. The van der Waals surface area contributed by atoms with E-state index in [1.807, 2.05) is 30.3 Å². The van der Waals surface area contributed by atoms with Gasteiger partial charge >= 0.3 is 0 Å². The number of carbonyl (C=O) groups is 1. The lowest BCUT2D eigenvalue weighted by molar-refractivity contribution is 0.0971. The number of nitrogens with one attached hydrogen (secondary N) is 1. The van der Waals surface area contributed by atoms with Crippen molar-refractivity contribution in [1.82, 2.24) is 14.7 Å². The number of thioether (sulfide) groups is 1. The van der Waals surface area contributed by atoms with Crippen molar-refractivity contribution in [1.29, 1.82) is 0 Å². The van der Waals surface area contributed by atoms with Crippen molar-refractivity contribution in [2.24, 2.45) is 10.2 Å². The SMILES string of the molecule is Cc1nc2ccc(F)cn2c1C(=O)NC1=NN=C(c2ccccc2)CS1. The molecule has 0 aliphatic carbocycles. The third-order valence-electron chi connectivity index (χ3n) is 3.91. The third-order valence-corrected chi connectivity index (χ3v) is 4.78. The van der Waals surface area contributed by atoms with Crippen molar-refractivity contribution >= 4 is 34.2 Å². The minimum absolute atomic E-state index is 0.278. The van der Waals surface area contributed by atoms with E-state index in [2.05, 4.69) is 20.5 Å². The van der Waals surface area contributed by atoms with Gasteiger partial charge in [0.25, 0.3) is 5.91 Å². The quantitative estimate of drug-likeness (QED) is 0.757. The molecule has 130 valence electrons. The van der Waals surface area contributed by atoms with Gasteiger partial charge in [0, 0.05) is 11.9 Å². The smallest absolute Gasteiger partial charge is 0.276 e. The van der Waals surface area contributed by atoms with E-state index in [-0.39, 0.29) is 5.69 Å². The lowest BCUT2D eigenvalue weighted by Crippen LogP contribution is -2.31. The molecule has 3 heterocycles. The first-order valence-corrected chi connectivity index (χ1v) is 8.88. The normalized spacial score (nSPS) is 14.1. The van der Waals surface area contributed by atoms with Crippen molar-refractivity contribution in [2.75, 3.05) is 5.75 Å². The molecule has 1 amide bonds. The Balaban J connectivity index is 1.58. The average Bonchev–Trinajstić information content (AvgIpc) is 2.98. The van der Waals surface area contributed by atoms with Crippen LogP contribution in [0.2, 0.25) is 0 Å². The second-order valence-corrected chi connectivity index (χ2v) is 6.65. The van der Waals surface area contributed by atoms with Crippen molar-refractivity contribution in [2.45, 2.75) is 6.92 Å². The second-order valence-electron chi connectivity index (χ2n) is 5.68. The fraction of sp³-hybridized carbons (Fsp3) is 0.111. The predicted molar refractivity (Wildman–Crippen MR) is 100 cm³/mol. The number of rotatable bonds is 2. The zero-order valence-corrected chi connectivity index (χ0v) is 14.6. The zero-order chi connectivity index (χ0) is 18.1. The summed E-state index contributed by atoms with van der Waals surface area (Å²) in [6.07, 6.45) is 1.24. The number of carbonyl (C=O) groups excluding carboxylic acids is 1. The first-order valence-electron chi connectivity index (χ1n) is 7.90. The van der Waals surface area contributed by atoms with Gasteiger partial charge in [-0.05, 0) is 24.6 Å². The lowest BCUT2D eigenvalue weighted by Gasteiger charge is -2.13. The Bertz CT molecular complexity index is 1060. The van der Waals surface area contributed by atoms with E-state index >= 15 is 0 Å². The third kappa shape index (κ3) is 3.11. The molecule has 0 saturated heterocycles. The predicted octanol–water partition coefficient (Wildman–Crippen LogP) is 3.02. The number of nitrogens with zero attached hydrogens (tertiary/aromatic N) is 4. The molecule has 26 heavy (non-hydrogen) atoms. The zero-order valence-electron chi connectivity index (χ0n) is 13.8. The highest BCUT2D eigenvalue weighted by Gasteiger charge is 2.20. The molecule has 8 heteroatoms. The molecule has 1 aliphatic rings. The van der Waals surface area contributed by atoms with Crippen LogP contribution in [0.15, 0.2) is 58.9 Å². The van der Waals surface area contributed by atoms with Crippen LogP contribution in [0.4, 0.5) is 4.39 Å². The summed E-state index contributed by atoms with van der Waals surface area (Å²) in [6, 6.07) is 12.6. The first-order chi connectivity index (χ1) is 12.6. The average molecular weight is 367 g/mol. The Hall–Kier alpha value is -3.00. The number of amides is 1. The van der Waals surface area contributed by atoms with Gasteiger partial charge in [-0.1, -0.05) is 42.1 Å². The Labute approximate surface area is 152 Å². The lowest BCUT2D eigenvalue weighted by atomic mass is 10.1. The Kier molecular flexibility index (Phi) is 4.26.